The van der Waals surface area contributed by atoms with Crippen molar-refractivity contribution in [1.82, 2.24) is 9.97 Å². The highest BCUT2D eigenvalue weighted by atomic mass is 79.9. The second-order valence-electron chi connectivity index (χ2n) is 2.71. The second kappa shape index (κ2) is 3.42. The predicted molar refractivity (Wildman–Crippen MR) is 56.6 cm³/mol. The van der Waals surface area contributed by atoms with Crippen molar-refractivity contribution < 1.29 is 4.74 Å². The Morgan fingerprint density at radius 2 is 2.29 bits per heavy atom. The summed E-state index contributed by atoms with van der Waals surface area (Å²) < 4.78 is 5.87. The highest BCUT2D eigenvalue weighted by Gasteiger charge is 2.09. The lowest BCUT2D eigenvalue weighted by molar-refractivity contribution is 0.417. The molecule has 1 aromatic carbocycles. The highest BCUT2D eigenvalue weighted by molar-refractivity contribution is 9.10. The number of fused-ring (bicyclic) bond motifs is 1. The molecule has 5 heteroatoms. The van der Waals surface area contributed by atoms with Gasteiger partial charge in [-0.3, -0.25) is 4.79 Å². The highest BCUT2D eigenvalue weighted by Crippen LogP contribution is 2.29. The SMILES string of the molecule is COc1c(Br)ccc2nc[nH]c(=O)c12. The summed E-state index contributed by atoms with van der Waals surface area (Å²) in [6.45, 7) is 0. The molecule has 0 fully saturated rings. The Kier molecular flexibility index (Phi) is 2.25. The van der Waals surface area contributed by atoms with E-state index >= 15 is 0 Å². The Morgan fingerprint density at radius 1 is 1.50 bits per heavy atom. The van der Waals surface area contributed by atoms with Gasteiger partial charge in [0.05, 0.1) is 23.4 Å². The molecule has 1 aromatic heterocycles. The van der Waals surface area contributed by atoms with E-state index in [-0.39, 0.29) is 5.56 Å². The summed E-state index contributed by atoms with van der Waals surface area (Å²) in [4.78, 5) is 18.1. The lowest BCUT2D eigenvalue weighted by Gasteiger charge is -2.05. The van der Waals surface area contributed by atoms with Crippen molar-refractivity contribution in [1.29, 1.82) is 0 Å². The minimum Gasteiger partial charge on any atom is -0.495 e. The monoisotopic (exact) mass is 254 g/mol. The summed E-state index contributed by atoms with van der Waals surface area (Å²) in [6.07, 6.45) is 1.37. The quantitative estimate of drug-likeness (QED) is 0.843. The van der Waals surface area contributed by atoms with E-state index in [9.17, 15) is 4.79 Å². The van der Waals surface area contributed by atoms with Gasteiger partial charge in [0.1, 0.15) is 11.1 Å². The van der Waals surface area contributed by atoms with E-state index in [1.807, 2.05) is 0 Å². The zero-order valence-electron chi connectivity index (χ0n) is 7.37. The van der Waals surface area contributed by atoms with Gasteiger partial charge >= 0.3 is 0 Å². The Labute approximate surface area is 88.1 Å². The van der Waals surface area contributed by atoms with E-state index in [1.165, 1.54) is 13.4 Å². The van der Waals surface area contributed by atoms with Crippen molar-refractivity contribution in [2.45, 2.75) is 0 Å². The van der Waals surface area contributed by atoms with Crippen LogP contribution >= 0.6 is 15.9 Å². The number of nitrogens with zero attached hydrogens (tertiary/aromatic N) is 1. The number of rotatable bonds is 1. The van der Waals surface area contributed by atoms with Crippen LogP contribution in [0.25, 0.3) is 10.9 Å². The molecular formula is C9H7BrN2O2. The van der Waals surface area contributed by atoms with Crippen LogP contribution in [0.1, 0.15) is 0 Å². The average molecular weight is 255 g/mol. The van der Waals surface area contributed by atoms with E-state index in [2.05, 4.69) is 25.9 Å². The predicted octanol–water partition coefficient (Wildman–Crippen LogP) is 1.69. The van der Waals surface area contributed by atoms with Crippen LogP contribution in [0, 0.1) is 0 Å². The molecule has 1 heterocycles. The van der Waals surface area contributed by atoms with Crippen molar-refractivity contribution in [2.75, 3.05) is 7.11 Å². The number of aromatic amines is 1. The first kappa shape index (κ1) is 9.21. The molecule has 0 saturated heterocycles. The fourth-order valence-corrected chi connectivity index (χ4v) is 1.80. The number of benzene rings is 1. The molecule has 1 N–H and O–H groups in total. The molecule has 0 radical (unpaired) electrons. The maximum absolute atomic E-state index is 11.5. The Hall–Kier alpha value is -1.36. The lowest BCUT2D eigenvalue weighted by Crippen LogP contribution is -2.07. The Bertz CT molecular complexity index is 536. The molecule has 0 aliphatic carbocycles. The first-order valence-electron chi connectivity index (χ1n) is 3.94. The van der Waals surface area contributed by atoms with Crippen LogP contribution in [-0.4, -0.2) is 17.1 Å². The van der Waals surface area contributed by atoms with E-state index < -0.39 is 0 Å². The third kappa shape index (κ3) is 1.29. The zero-order valence-corrected chi connectivity index (χ0v) is 8.96. The van der Waals surface area contributed by atoms with Gasteiger partial charge in [-0.25, -0.2) is 4.98 Å². The smallest absolute Gasteiger partial charge is 0.262 e. The summed E-state index contributed by atoms with van der Waals surface area (Å²) in [7, 11) is 1.52. The second-order valence-corrected chi connectivity index (χ2v) is 3.56. The van der Waals surface area contributed by atoms with Crippen LogP contribution in [0.2, 0.25) is 0 Å². The summed E-state index contributed by atoms with van der Waals surface area (Å²) in [5.41, 5.74) is 0.418. The standard InChI is InChI=1S/C9H7BrN2O2/c1-14-8-5(10)2-3-6-7(8)9(13)12-4-11-6/h2-4H,1H3,(H,11,12,13). The minimum atomic E-state index is -0.201. The number of hydrogen-bond acceptors (Lipinski definition) is 3. The zero-order chi connectivity index (χ0) is 10.1. The Balaban J connectivity index is 2.99. The first-order valence-corrected chi connectivity index (χ1v) is 4.73. The van der Waals surface area contributed by atoms with E-state index in [4.69, 9.17) is 4.74 Å². The summed E-state index contributed by atoms with van der Waals surface area (Å²) in [5, 5.41) is 0.462. The van der Waals surface area contributed by atoms with Gasteiger partial charge in [0, 0.05) is 0 Å². The van der Waals surface area contributed by atoms with Crippen LogP contribution in [-0.2, 0) is 0 Å². The summed E-state index contributed by atoms with van der Waals surface area (Å²) >= 11 is 3.31. The lowest BCUT2D eigenvalue weighted by atomic mass is 10.2. The number of aromatic nitrogens is 2. The molecule has 0 unspecified atom stereocenters. The molecule has 0 atom stereocenters. The van der Waals surface area contributed by atoms with E-state index in [0.29, 0.717) is 16.7 Å². The summed E-state index contributed by atoms with van der Waals surface area (Å²) in [5.74, 6) is 0.511. The van der Waals surface area contributed by atoms with Gasteiger partial charge in [-0.15, -0.1) is 0 Å². The van der Waals surface area contributed by atoms with Crippen molar-refractivity contribution in [3.63, 3.8) is 0 Å². The number of nitrogens with one attached hydrogen (secondary N) is 1. The largest absolute Gasteiger partial charge is 0.495 e. The molecule has 0 spiro atoms. The van der Waals surface area contributed by atoms with Crippen LogP contribution in [0.5, 0.6) is 5.75 Å². The number of hydrogen-bond donors (Lipinski definition) is 1. The van der Waals surface area contributed by atoms with Crippen molar-refractivity contribution in [3.8, 4) is 5.75 Å². The van der Waals surface area contributed by atoms with Crippen LogP contribution in [0.15, 0.2) is 27.7 Å². The van der Waals surface area contributed by atoms with Crippen molar-refractivity contribution in [3.05, 3.63) is 33.3 Å². The van der Waals surface area contributed by atoms with Crippen LogP contribution in [0.3, 0.4) is 0 Å². The normalized spacial score (nSPS) is 10.4. The van der Waals surface area contributed by atoms with E-state index in [0.717, 1.165) is 4.47 Å². The van der Waals surface area contributed by atoms with Crippen molar-refractivity contribution in [2.24, 2.45) is 0 Å². The average Bonchev–Trinajstić information content (AvgIpc) is 2.19. The number of halogens is 1. The maximum Gasteiger partial charge on any atom is 0.262 e. The third-order valence-corrected chi connectivity index (χ3v) is 2.54. The number of ether oxygens (including phenoxy) is 1. The molecule has 0 bridgehead atoms. The minimum absolute atomic E-state index is 0.201. The van der Waals surface area contributed by atoms with E-state index in [1.54, 1.807) is 12.1 Å². The third-order valence-electron chi connectivity index (χ3n) is 1.92. The van der Waals surface area contributed by atoms with Gasteiger partial charge in [0.2, 0.25) is 0 Å². The molecule has 72 valence electrons. The maximum atomic E-state index is 11.5. The van der Waals surface area contributed by atoms with Crippen LogP contribution in [0.4, 0.5) is 0 Å². The number of H-pyrrole nitrogens is 1. The van der Waals surface area contributed by atoms with Crippen LogP contribution < -0.4 is 10.3 Å². The molecule has 4 nitrogen and oxygen atoms in total. The molecular weight excluding hydrogens is 248 g/mol. The van der Waals surface area contributed by atoms with Gasteiger partial charge in [-0.1, -0.05) is 0 Å². The molecule has 0 aliphatic rings. The van der Waals surface area contributed by atoms with Gasteiger partial charge in [0.25, 0.3) is 5.56 Å². The number of methoxy groups -OCH3 is 1. The fraction of sp³-hybridized carbons (Fsp3) is 0.111. The molecule has 2 rings (SSSR count). The first-order chi connectivity index (χ1) is 6.74. The van der Waals surface area contributed by atoms with Gasteiger partial charge in [-0.2, -0.15) is 0 Å². The fourth-order valence-electron chi connectivity index (χ4n) is 1.31. The topological polar surface area (TPSA) is 55.0 Å². The van der Waals surface area contributed by atoms with Gasteiger partial charge in [0.15, 0.2) is 0 Å². The molecule has 2 aromatic rings. The molecule has 0 aliphatic heterocycles. The van der Waals surface area contributed by atoms with Gasteiger partial charge in [-0.05, 0) is 28.1 Å². The Morgan fingerprint density at radius 3 is 3.00 bits per heavy atom. The molecule has 0 saturated carbocycles. The summed E-state index contributed by atoms with van der Waals surface area (Å²) in [6, 6.07) is 3.56. The molecule has 14 heavy (non-hydrogen) atoms. The van der Waals surface area contributed by atoms with Crippen molar-refractivity contribution >= 4 is 26.8 Å². The van der Waals surface area contributed by atoms with Gasteiger partial charge < -0.3 is 9.72 Å². The molecule has 0 amide bonds.